The third-order valence-corrected chi connectivity index (χ3v) is 2.83. The molecule has 0 heterocycles. The van der Waals surface area contributed by atoms with Gasteiger partial charge < -0.3 is 10.4 Å². The van der Waals surface area contributed by atoms with Crippen LogP contribution in [0.5, 0.6) is 0 Å². The lowest BCUT2D eigenvalue weighted by molar-refractivity contribution is -0.138. The normalized spacial score (nSPS) is 11.9. The molecule has 0 amide bonds. The summed E-state index contributed by atoms with van der Waals surface area (Å²) >= 11 is 0. The Hall–Kier alpha value is -2.36. The van der Waals surface area contributed by atoms with Gasteiger partial charge in [-0.25, -0.2) is 9.18 Å². The fourth-order valence-corrected chi connectivity index (χ4v) is 1.78. The van der Waals surface area contributed by atoms with Gasteiger partial charge in [0.1, 0.15) is 5.82 Å². The highest BCUT2D eigenvalue weighted by Crippen LogP contribution is 2.22. The molecule has 4 heteroatoms. The number of hydrogen-bond donors (Lipinski definition) is 2. The highest BCUT2D eigenvalue weighted by Gasteiger charge is 2.20. The number of aryl methyl sites for hydroxylation is 1. The van der Waals surface area contributed by atoms with Crippen LogP contribution >= 0.6 is 0 Å². The lowest BCUT2D eigenvalue weighted by Crippen LogP contribution is -2.21. The molecule has 0 spiro atoms. The van der Waals surface area contributed by atoms with Gasteiger partial charge in [0.25, 0.3) is 0 Å². The SMILES string of the molecule is Cc1ccc([C@H](Nc2ccccc2F)C(=O)O)cc1. The van der Waals surface area contributed by atoms with Crippen LogP contribution < -0.4 is 5.32 Å². The van der Waals surface area contributed by atoms with Crippen molar-refractivity contribution >= 4 is 11.7 Å². The van der Waals surface area contributed by atoms with Gasteiger partial charge in [-0.15, -0.1) is 0 Å². The Bertz CT molecular complexity index is 581. The number of carboxylic acids is 1. The molecule has 19 heavy (non-hydrogen) atoms. The Labute approximate surface area is 110 Å². The van der Waals surface area contributed by atoms with Gasteiger partial charge in [0.2, 0.25) is 0 Å². The van der Waals surface area contributed by atoms with Gasteiger partial charge in [-0.1, -0.05) is 42.0 Å². The van der Waals surface area contributed by atoms with Crippen molar-refractivity contribution in [3.05, 3.63) is 65.5 Å². The maximum atomic E-state index is 13.5. The van der Waals surface area contributed by atoms with Crippen molar-refractivity contribution in [2.45, 2.75) is 13.0 Å². The summed E-state index contributed by atoms with van der Waals surface area (Å²) in [6, 6.07) is 12.1. The van der Waals surface area contributed by atoms with Crippen molar-refractivity contribution in [2.24, 2.45) is 0 Å². The van der Waals surface area contributed by atoms with E-state index in [2.05, 4.69) is 5.32 Å². The second-order valence-electron chi connectivity index (χ2n) is 4.31. The van der Waals surface area contributed by atoms with E-state index in [-0.39, 0.29) is 5.69 Å². The molecule has 1 atom stereocenters. The molecule has 2 aromatic rings. The molecule has 2 aromatic carbocycles. The third kappa shape index (κ3) is 3.10. The molecule has 0 unspecified atom stereocenters. The second kappa shape index (κ2) is 5.52. The molecular weight excluding hydrogens is 245 g/mol. The van der Waals surface area contributed by atoms with E-state index in [9.17, 15) is 14.3 Å². The zero-order valence-corrected chi connectivity index (χ0v) is 10.4. The summed E-state index contributed by atoms with van der Waals surface area (Å²) < 4.78 is 13.5. The van der Waals surface area contributed by atoms with Gasteiger partial charge in [0.05, 0.1) is 5.69 Å². The first-order chi connectivity index (χ1) is 9.08. The fourth-order valence-electron chi connectivity index (χ4n) is 1.78. The van der Waals surface area contributed by atoms with E-state index in [1.54, 1.807) is 24.3 Å². The zero-order valence-electron chi connectivity index (χ0n) is 10.4. The van der Waals surface area contributed by atoms with E-state index in [4.69, 9.17) is 0 Å². The van der Waals surface area contributed by atoms with Gasteiger partial charge in [0, 0.05) is 0 Å². The molecule has 3 nitrogen and oxygen atoms in total. The minimum atomic E-state index is -1.05. The predicted molar refractivity (Wildman–Crippen MR) is 71.6 cm³/mol. The average Bonchev–Trinajstić information content (AvgIpc) is 2.39. The Morgan fingerprint density at radius 2 is 1.79 bits per heavy atom. The van der Waals surface area contributed by atoms with E-state index in [1.807, 2.05) is 19.1 Å². The molecule has 0 bridgehead atoms. The van der Waals surface area contributed by atoms with Crippen molar-refractivity contribution in [3.8, 4) is 0 Å². The quantitative estimate of drug-likeness (QED) is 0.885. The molecule has 98 valence electrons. The van der Waals surface area contributed by atoms with Gasteiger partial charge in [-0.2, -0.15) is 0 Å². The summed E-state index contributed by atoms with van der Waals surface area (Å²) in [6.45, 7) is 1.92. The van der Waals surface area contributed by atoms with Gasteiger partial charge in [0.15, 0.2) is 6.04 Å². The summed E-state index contributed by atoms with van der Waals surface area (Å²) in [5, 5.41) is 12.0. The first kappa shape index (κ1) is 13.1. The summed E-state index contributed by atoms with van der Waals surface area (Å²) in [7, 11) is 0. The van der Waals surface area contributed by atoms with Crippen LogP contribution in [0.25, 0.3) is 0 Å². The van der Waals surface area contributed by atoms with E-state index in [0.29, 0.717) is 5.56 Å². The van der Waals surface area contributed by atoms with Crippen molar-refractivity contribution in [2.75, 3.05) is 5.32 Å². The molecule has 0 saturated carbocycles. The number of rotatable bonds is 4. The topological polar surface area (TPSA) is 49.3 Å². The maximum Gasteiger partial charge on any atom is 0.330 e. The van der Waals surface area contributed by atoms with Gasteiger partial charge >= 0.3 is 5.97 Å². The lowest BCUT2D eigenvalue weighted by Gasteiger charge is -2.16. The van der Waals surface area contributed by atoms with E-state index < -0.39 is 17.8 Å². The highest BCUT2D eigenvalue weighted by atomic mass is 19.1. The summed E-state index contributed by atoms with van der Waals surface area (Å²) in [5.41, 5.74) is 1.80. The monoisotopic (exact) mass is 259 g/mol. The van der Waals surface area contributed by atoms with Crippen molar-refractivity contribution in [1.29, 1.82) is 0 Å². The summed E-state index contributed by atoms with van der Waals surface area (Å²) in [4.78, 5) is 11.3. The number of hydrogen-bond acceptors (Lipinski definition) is 2. The first-order valence-corrected chi connectivity index (χ1v) is 5.88. The smallest absolute Gasteiger partial charge is 0.330 e. The number of nitrogens with one attached hydrogen (secondary N) is 1. The largest absolute Gasteiger partial charge is 0.479 e. The number of para-hydroxylation sites is 1. The van der Waals surface area contributed by atoms with Crippen LogP contribution in [0.1, 0.15) is 17.2 Å². The van der Waals surface area contributed by atoms with Gasteiger partial charge in [-0.05, 0) is 24.6 Å². The molecule has 0 saturated heterocycles. The number of aliphatic carboxylic acids is 1. The number of halogens is 1. The minimum Gasteiger partial charge on any atom is -0.479 e. The summed E-state index contributed by atoms with van der Waals surface area (Å²) in [6.07, 6.45) is 0. The van der Waals surface area contributed by atoms with Crippen LogP contribution in [0.15, 0.2) is 48.5 Å². The summed E-state index contributed by atoms with van der Waals surface area (Å²) in [5.74, 6) is -1.52. The van der Waals surface area contributed by atoms with E-state index in [0.717, 1.165) is 5.56 Å². The Balaban J connectivity index is 2.29. The molecule has 2 N–H and O–H groups in total. The van der Waals surface area contributed by atoms with Crippen LogP contribution in [0, 0.1) is 12.7 Å². The lowest BCUT2D eigenvalue weighted by atomic mass is 10.0. The van der Waals surface area contributed by atoms with Crippen molar-refractivity contribution in [1.82, 2.24) is 0 Å². The molecule has 0 fully saturated rings. The Morgan fingerprint density at radius 3 is 2.37 bits per heavy atom. The average molecular weight is 259 g/mol. The van der Waals surface area contributed by atoms with Crippen LogP contribution in [-0.2, 0) is 4.79 Å². The number of carbonyl (C=O) groups is 1. The van der Waals surface area contributed by atoms with Crippen LogP contribution in [-0.4, -0.2) is 11.1 Å². The first-order valence-electron chi connectivity index (χ1n) is 5.88. The molecule has 0 radical (unpaired) electrons. The molecular formula is C15H14FNO2. The molecule has 0 aliphatic rings. The van der Waals surface area contributed by atoms with E-state index in [1.165, 1.54) is 12.1 Å². The number of benzene rings is 2. The Morgan fingerprint density at radius 1 is 1.16 bits per heavy atom. The maximum absolute atomic E-state index is 13.5. The van der Waals surface area contributed by atoms with Crippen LogP contribution in [0.4, 0.5) is 10.1 Å². The second-order valence-corrected chi connectivity index (χ2v) is 4.31. The Kier molecular flexibility index (Phi) is 3.80. The molecule has 0 aliphatic carbocycles. The fraction of sp³-hybridized carbons (Fsp3) is 0.133. The number of anilines is 1. The van der Waals surface area contributed by atoms with Gasteiger partial charge in [-0.3, -0.25) is 0 Å². The van der Waals surface area contributed by atoms with Crippen LogP contribution in [0.2, 0.25) is 0 Å². The third-order valence-electron chi connectivity index (χ3n) is 2.83. The minimum absolute atomic E-state index is 0.176. The molecule has 0 aromatic heterocycles. The van der Waals surface area contributed by atoms with Crippen molar-refractivity contribution < 1.29 is 14.3 Å². The van der Waals surface area contributed by atoms with Crippen molar-refractivity contribution in [3.63, 3.8) is 0 Å². The molecule has 0 aliphatic heterocycles. The zero-order chi connectivity index (χ0) is 13.8. The number of carboxylic acid groups (broad SMARTS) is 1. The standard InChI is InChI=1S/C15H14FNO2/c1-10-6-8-11(9-7-10)14(15(18)19)17-13-5-3-2-4-12(13)16/h2-9,14,17H,1H3,(H,18,19)/t14-/m0/s1. The highest BCUT2D eigenvalue weighted by molar-refractivity contribution is 5.79. The van der Waals surface area contributed by atoms with Crippen LogP contribution in [0.3, 0.4) is 0 Å². The predicted octanol–water partition coefficient (Wildman–Crippen LogP) is 3.37. The van der Waals surface area contributed by atoms with E-state index >= 15 is 0 Å². The molecule has 2 rings (SSSR count).